The Bertz CT molecular complexity index is 594. The Hall–Kier alpha value is -2.36. The first-order valence-electron chi connectivity index (χ1n) is 5.95. The number of rotatable bonds is 3. The summed E-state index contributed by atoms with van der Waals surface area (Å²) in [5.74, 6) is -0.535. The number of carbonyl (C=O) groups excluding carboxylic acids is 1. The lowest BCUT2D eigenvalue weighted by atomic mass is 10.1. The first-order chi connectivity index (χ1) is 9.10. The molecule has 3 nitrogen and oxygen atoms in total. The van der Waals surface area contributed by atoms with Crippen molar-refractivity contribution in [3.05, 3.63) is 59.4 Å². The van der Waals surface area contributed by atoms with E-state index in [4.69, 9.17) is 0 Å². The molecule has 4 heteroatoms. The maximum absolute atomic E-state index is 12.8. The highest BCUT2D eigenvalue weighted by atomic mass is 19.1. The first kappa shape index (κ1) is 13.1. The Morgan fingerprint density at radius 2 is 1.68 bits per heavy atom. The second-order valence-corrected chi connectivity index (χ2v) is 4.24. The molecule has 19 heavy (non-hydrogen) atoms. The summed E-state index contributed by atoms with van der Waals surface area (Å²) in [6, 6.07) is 11.3. The van der Waals surface area contributed by atoms with Crippen LogP contribution in [0.3, 0.4) is 0 Å². The summed E-state index contributed by atoms with van der Waals surface area (Å²) < 4.78 is 12.8. The lowest BCUT2D eigenvalue weighted by Gasteiger charge is -2.09. The molecule has 0 heterocycles. The molecule has 0 aromatic heterocycles. The number of hydrogen-bond donors (Lipinski definition) is 2. The van der Waals surface area contributed by atoms with Crippen LogP contribution in [0.15, 0.2) is 42.5 Å². The van der Waals surface area contributed by atoms with Gasteiger partial charge in [0.25, 0.3) is 5.91 Å². The third kappa shape index (κ3) is 3.10. The Labute approximate surface area is 111 Å². The van der Waals surface area contributed by atoms with Crippen LogP contribution in [-0.2, 0) is 0 Å². The van der Waals surface area contributed by atoms with E-state index in [0.717, 1.165) is 11.3 Å². The molecule has 0 radical (unpaired) electrons. The number of nitrogens with one attached hydrogen (secondary N) is 2. The lowest BCUT2D eigenvalue weighted by Crippen LogP contribution is -2.13. The van der Waals surface area contributed by atoms with Crippen LogP contribution in [0.2, 0.25) is 0 Å². The molecule has 0 aliphatic carbocycles. The van der Waals surface area contributed by atoms with Crippen molar-refractivity contribution in [2.24, 2.45) is 0 Å². The summed E-state index contributed by atoms with van der Waals surface area (Å²) in [6.07, 6.45) is 0. The molecule has 0 spiro atoms. The van der Waals surface area contributed by atoms with Gasteiger partial charge in [-0.15, -0.1) is 0 Å². The van der Waals surface area contributed by atoms with E-state index in [1.807, 2.05) is 19.1 Å². The molecular weight excluding hydrogens is 243 g/mol. The highest BCUT2D eigenvalue weighted by Gasteiger charge is 2.10. The average Bonchev–Trinajstić information content (AvgIpc) is 2.42. The molecule has 0 saturated heterocycles. The molecule has 0 fully saturated rings. The predicted octanol–water partition coefficient (Wildman–Crippen LogP) is 3.43. The van der Waals surface area contributed by atoms with E-state index in [0.29, 0.717) is 11.3 Å². The standard InChI is InChI=1S/C15H15FN2O/c1-10-3-6-13(17-2)9-14(10)15(19)18-12-7-4-11(16)5-8-12/h3-9,17H,1-2H3,(H,18,19). The number of amides is 1. The molecule has 2 N–H and O–H groups in total. The monoisotopic (exact) mass is 258 g/mol. The fourth-order valence-electron chi connectivity index (χ4n) is 1.75. The van der Waals surface area contributed by atoms with Gasteiger partial charge in [-0.25, -0.2) is 4.39 Å². The van der Waals surface area contributed by atoms with E-state index >= 15 is 0 Å². The minimum atomic E-state index is -0.327. The summed E-state index contributed by atoms with van der Waals surface area (Å²) in [6.45, 7) is 1.87. The predicted molar refractivity (Wildman–Crippen MR) is 75.1 cm³/mol. The van der Waals surface area contributed by atoms with Crippen LogP contribution >= 0.6 is 0 Å². The van der Waals surface area contributed by atoms with Gasteiger partial charge < -0.3 is 10.6 Å². The number of anilines is 2. The fraction of sp³-hybridized carbons (Fsp3) is 0.133. The van der Waals surface area contributed by atoms with Gasteiger partial charge in [-0.3, -0.25) is 4.79 Å². The van der Waals surface area contributed by atoms with Crippen molar-refractivity contribution in [2.45, 2.75) is 6.92 Å². The summed E-state index contributed by atoms with van der Waals surface area (Å²) in [4.78, 5) is 12.2. The summed E-state index contributed by atoms with van der Waals surface area (Å²) >= 11 is 0. The van der Waals surface area contributed by atoms with E-state index in [1.54, 1.807) is 13.1 Å². The van der Waals surface area contributed by atoms with E-state index in [9.17, 15) is 9.18 Å². The van der Waals surface area contributed by atoms with Gasteiger partial charge in [0, 0.05) is 24.0 Å². The second-order valence-electron chi connectivity index (χ2n) is 4.24. The number of benzene rings is 2. The normalized spacial score (nSPS) is 10.1. The summed E-state index contributed by atoms with van der Waals surface area (Å²) in [5.41, 5.74) is 2.92. The number of hydrogen-bond acceptors (Lipinski definition) is 2. The van der Waals surface area contributed by atoms with Crippen LogP contribution < -0.4 is 10.6 Å². The van der Waals surface area contributed by atoms with Gasteiger partial charge in [-0.1, -0.05) is 6.07 Å². The van der Waals surface area contributed by atoms with Crippen molar-refractivity contribution < 1.29 is 9.18 Å². The maximum Gasteiger partial charge on any atom is 0.256 e. The Morgan fingerprint density at radius 3 is 2.32 bits per heavy atom. The molecular formula is C15H15FN2O. The molecule has 2 rings (SSSR count). The van der Waals surface area contributed by atoms with Gasteiger partial charge in [-0.05, 0) is 48.9 Å². The molecule has 0 aliphatic heterocycles. The Morgan fingerprint density at radius 1 is 1.05 bits per heavy atom. The van der Waals surface area contributed by atoms with E-state index in [1.165, 1.54) is 24.3 Å². The van der Waals surface area contributed by atoms with Crippen molar-refractivity contribution in [3.8, 4) is 0 Å². The third-order valence-electron chi connectivity index (χ3n) is 2.87. The zero-order valence-electron chi connectivity index (χ0n) is 10.8. The zero-order chi connectivity index (χ0) is 13.8. The summed E-state index contributed by atoms with van der Waals surface area (Å²) in [5, 5.41) is 5.74. The molecule has 0 unspecified atom stereocenters. The SMILES string of the molecule is CNc1ccc(C)c(C(=O)Nc2ccc(F)cc2)c1. The first-order valence-corrected chi connectivity index (χ1v) is 5.95. The maximum atomic E-state index is 12.8. The van der Waals surface area contributed by atoms with Gasteiger partial charge in [0.15, 0.2) is 0 Å². The fourth-order valence-corrected chi connectivity index (χ4v) is 1.75. The van der Waals surface area contributed by atoms with E-state index < -0.39 is 0 Å². The van der Waals surface area contributed by atoms with E-state index in [-0.39, 0.29) is 11.7 Å². The highest BCUT2D eigenvalue weighted by Crippen LogP contribution is 2.17. The van der Waals surface area contributed by atoms with Crippen molar-refractivity contribution in [3.63, 3.8) is 0 Å². The molecule has 0 aliphatic rings. The van der Waals surface area contributed by atoms with Gasteiger partial charge in [0.2, 0.25) is 0 Å². The summed E-state index contributed by atoms with van der Waals surface area (Å²) in [7, 11) is 1.80. The van der Waals surface area contributed by atoms with Gasteiger partial charge in [-0.2, -0.15) is 0 Å². The Balaban J connectivity index is 2.22. The van der Waals surface area contributed by atoms with Crippen LogP contribution in [0.1, 0.15) is 15.9 Å². The van der Waals surface area contributed by atoms with Crippen LogP contribution in [0.4, 0.5) is 15.8 Å². The van der Waals surface area contributed by atoms with Crippen LogP contribution in [0.25, 0.3) is 0 Å². The molecule has 0 bridgehead atoms. The van der Waals surface area contributed by atoms with Crippen LogP contribution in [0, 0.1) is 12.7 Å². The number of aryl methyl sites for hydroxylation is 1. The van der Waals surface area contributed by atoms with Gasteiger partial charge >= 0.3 is 0 Å². The van der Waals surface area contributed by atoms with Gasteiger partial charge in [0.05, 0.1) is 0 Å². The molecule has 98 valence electrons. The highest BCUT2D eigenvalue weighted by molar-refractivity contribution is 6.05. The minimum Gasteiger partial charge on any atom is -0.388 e. The quantitative estimate of drug-likeness (QED) is 0.885. The number of halogens is 1. The lowest BCUT2D eigenvalue weighted by molar-refractivity contribution is 0.102. The Kier molecular flexibility index (Phi) is 3.80. The van der Waals surface area contributed by atoms with Crippen LogP contribution in [-0.4, -0.2) is 13.0 Å². The molecule has 0 saturated carbocycles. The van der Waals surface area contributed by atoms with Crippen molar-refractivity contribution in [1.29, 1.82) is 0 Å². The van der Waals surface area contributed by atoms with Crippen LogP contribution in [0.5, 0.6) is 0 Å². The average molecular weight is 258 g/mol. The van der Waals surface area contributed by atoms with Crippen molar-refractivity contribution >= 4 is 17.3 Å². The molecule has 2 aromatic carbocycles. The van der Waals surface area contributed by atoms with Crippen molar-refractivity contribution in [1.82, 2.24) is 0 Å². The molecule has 1 amide bonds. The number of carbonyl (C=O) groups is 1. The topological polar surface area (TPSA) is 41.1 Å². The van der Waals surface area contributed by atoms with Gasteiger partial charge in [0.1, 0.15) is 5.82 Å². The third-order valence-corrected chi connectivity index (χ3v) is 2.87. The minimum absolute atomic E-state index is 0.207. The molecule has 2 aromatic rings. The van der Waals surface area contributed by atoms with Crippen molar-refractivity contribution in [2.75, 3.05) is 17.7 Å². The second kappa shape index (κ2) is 5.52. The van der Waals surface area contributed by atoms with E-state index in [2.05, 4.69) is 10.6 Å². The largest absolute Gasteiger partial charge is 0.388 e. The zero-order valence-corrected chi connectivity index (χ0v) is 10.8. The smallest absolute Gasteiger partial charge is 0.256 e. The molecule has 0 atom stereocenters.